The van der Waals surface area contributed by atoms with Gasteiger partial charge in [0.2, 0.25) is 0 Å². The lowest BCUT2D eigenvalue weighted by Gasteiger charge is -2.06. The van der Waals surface area contributed by atoms with E-state index in [-0.39, 0.29) is 5.56 Å². The Kier molecular flexibility index (Phi) is 3.22. The number of anilines is 1. The molecule has 0 aliphatic rings. The summed E-state index contributed by atoms with van der Waals surface area (Å²) in [6.45, 7) is 2.06. The second kappa shape index (κ2) is 4.82. The third kappa shape index (κ3) is 2.29. The van der Waals surface area contributed by atoms with Crippen LogP contribution in [0.15, 0.2) is 18.3 Å². The highest BCUT2D eigenvalue weighted by Crippen LogP contribution is 2.19. The molecule has 0 aromatic carbocycles. The summed E-state index contributed by atoms with van der Waals surface area (Å²) >= 11 is 0. The maximum absolute atomic E-state index is 11.1. The Bertz CT molecular complexity index is 564. The summed E-state index contributed by atoms with van der Waals surface area (Å²) < 4.78 is 1.51. The monoisotopic (exact) mass is 247 g/mol. The van der Waals surface area contributed by atoms with Crippen LogP contribution in [-0.4, -0.2) is 31.1 Å². The van der Waals surface area contributed by atoms with Crippen molar-refractivity contribution in [2.75, 3.05) is 5.32 Å². The predicted molar refractivity (Wildman–Crippen MR) is 64.3 cm³/mol. The fourth-order valence-corrected chi connectivity index (χ4v) is 1.72. The zero-order chi connectivity index (χ0) is 13.1. The number of nitrogens with one attached hydrogen (secondary N) is 1. The minimum absolute atomic E-state index is 0.182. The molecule has 2 rings (SSSR count). The first-order valence-corrected chi connectivity index (χ1v) is 5.37. The summed E-state index contributed by atoms with van der Waals surface area (Å²) in [7, 11) is 1.69. The van der Waals surface area contributed by atoms with Gasteiger partial charge in [-0.25, -0.2) is 4.79 Å². The molecule has 0 bridgehead atoms. The van der Waals surface area contributed by atoms with Crippen LogP contribution in [0.3, 0.4) is 0 Å². The largest absolute Gasteiger partial charge is 0.477 e. The van der Waals surface area contributed by atoms with Gasteiger partial charge in [0, 0.05) is 13.2 Å². The molecule has 0 saturated carbocycles. The summed E-state index contributed by atoms with van der Waals surface area (Å²) in [5, 5.41) is 23.9. The Morgan fingerprint density at radius 3 is 2.94 bits per heavy atom. The number of aromatic nitrogens is 4. The fraction of sp³-hybridized carbons (Fsp3) is 0.273. The van der Waals surface area contributed by atoms with E-state index in [1.807, 2.05) is 6.07 Å². The first-order chi connectivity index (χ1) is 8.59. The summed E-state index contributed by atoms with van der Waals surface area (Å²) in [5.74, 6) is -0.534. The molecular weight excluding hydrogens is 234 g/mol. The van der Waals surface area contributed by atoms with Gasteiger partial charge in [0.05, 0.1) is 17.9 Å². The van der Waals surface area contributed by atoms with Gasteiger partial charge in [-0.2, -0.15) is 15.3 Å². The topological polar surface area (TPSA) is 92.9 Å². The highest BCUT2D eigenvalue weighted by molar-refractivity contribution is 5.94. The Balaban J connectivity index is 2.22. The summed E-state index contributed by atoms with van der Waals surface area (Å²) in [6.07, 6.45) is 1.58. The van der Waals surface area contributed by atoms with Crippen molar-refractivity contribution < 1.29 is 9.90 Å². The molecule has 0 fully saturated rings. The molecule has 2 aromatic rings. The molecule has 0 atom stereocenters. The van der Waals surface area contributed by atoms with E-state index in [2.05, 4.69) is 20.6 Å². The van der Waals surface area contributed by atoms with Crippen LogP contribution in [0.5, 0.6) is 0 Å². The lowest BCUT2D eigenvalue weighted by Crippen LogP contribution is -2.10. The number of rotatable bonds is 4. The summed E-state index contributed by atoms with van der Waals surface area (Å²) in [6, 6.07) is 3.58. The molecule has 0 aliphatic heterocycles. The molecule has 2 heterocycles. The summed E-state index contributed by atoms with van der Waals surface area (Å²) in [5.41, 5.74) is 1.39. The second-order valence-electron chi connectivity index (χ2n) is 3.81. The zero-order valence-corrected chi connectivity index (χ0v) is 10.1. The van der Waals surface area contributed by atoms with Crippen molar-refractivity contribution in [1.82, 2.24) is 20.0 Å². The first-order valence-electron chi connectivity index (χ1n) is 5.37. The van der Waals surface area contributed by atoms with E-state index in [9.17, 15) is 4.79 Å². The Morgan fingerprint density at radius 1 is 1.56 bits per heavy atom. The quantitative estimate of drug-likeness (QED) is 0.831. The van der Waals surface area contributed by atoms with Crippen LogP contribution in [-0.2, 0) is 13.6 Å². The highest BCUT2D eigenvalue weighted by Gasteiger charge is 2.19. The molecule has 18 heavy (non-hydrogen) atoms. The van der Waals surface area contributed by atoms with Crippen molar-refractivity contribution in [2.45, 2.75) is 13.5 Å². The van der Waals surface area contributed by atoms with E-state index in [4.69, 9.17) is 5.11 Å². The normalized spacial score (nSPS) is 10.3. The van der Waals surface area contributed by atoms with Crippen LogP contribution in [0.4, 0.5) is 5.82 Å². The van der Waals surface area contributed by atoms with Gasteiger partial charge < -0.3 is 10.4 Å². The molecule has 7 heteroatoms. The molecule has 2 N–H and O–H groups in total. The minimum Gasteiger partial charge on any atom is -0.477 e. The van der Waals surface area contributed by atoms with E-state index >= 15 is 0 Å². The van der Waals surface area contributed by atoms with Gasteiger partial charge in [0.1, 0.15) is 11.4 Å². The van der Waals surface area contributed by atoms with Gasteiger partial charge in [-0.05, 0) is 19.1 Å². The lowest BCUT2D eigenvalue weighted by atomic mass is 10.2. The van der Waals surface area contributed by atoms with E-state index in [0.717, 1.165) is 5.69 Å². The Morgan fingerprint density at radius 2 is 2.33 bits per heavy atom. The number of hydrogen-bond acceptors (Lipinski definition) is 5. The fourth-order valence-electron chi connectivity index (χ4n) is 1.72. The van der Waals surface area contributed by atoms with Crippen molar-refractivity contribution in [3.63, 3.8) is 0 Å². The van der Waals surface area contributed by atoms with Gasteiger partial charge in [-0.15, -0.1) is 0 Å². The lowest BCUT2D eigenvalue weighted by molar-refractivity contribution is 0.0697. The average Bonchev–Trinajstić information content (AvgIpc) is 2.62. The second-order valence-corrected chi connectivity index (χ2v) is 3.81. The van der Waals surface area contributed by atoms with Crippen molar-refractivity contribution in [1.29, 1.82) is 0 Å². The Hall–Kier alpha value is -2.44. The number of carboxylic acids is 1. The van der Waals surface area contributed by atoms with E-state index < -0.39 is 5.97 Å². The third-order valence-electron chi connectivity index (χ3n) is 2.50. The van der Waals surface area contributed by atoms with E-state index in [0.29, 0.717) is 18.1 Å². The molecule has 0 saturated heterocycles. The zero-order valence-electron chi connectivity index (χ0n) is 10.1. The molecule has 0 amide bonds. The van der Waals surface area contributed by atoms with Crippen LogP contribution in [0.25, 0.3) is 0 Å². The molecule has 0 aliphatic carbocycles. The maximum Gasteiger partial charge on any atom is 0.341 e. The van der Waals surface area contributed by atoms with Crippen LogP contribution >= 0.6 is 0 Å². The number of nitrogens with zero attached hydrogens (tertiary/aromatic N) is 4. The minimum atomic E-state index is -0.998. The van der Waals surface area contributed by atoms with Gasteiger partial charge in [-0.3, -0.25) is 4.68 Å². The van der Waals surface area contributed by atoms with Crippen LogP contribution < -0.4 is 5.32 Å². The molecule has 0 spiro atoms. The first kappa shape index (κ1) is 12.0. The third-order valence-corrected chi connectivity index (χ3v) is 2.50. The molecule has 0 radical (unpaired) electrons. The standard InChI is InChI=1S/C11H13N5O2/c1-7-9(11(17)18)10(16(2)15-7)12-6-8-4-3-5-13-14-8/h3-5,12H,6H2,1-2H3,(H,17,18). The number of carbonyl (C=O) groups is 1. The van der Waals surface area contributed by atoms with Gasteiger partial charge in [-0.1, -0.05) is 0 Å². The van der Waals surface area contributed by atoms with Crippen LogP contribution in [0.2, 0.25) is 0 Å². The SMILES string of the molecule is Cc1nn(C)c(NCc2cccnn2)c1C(=O)O. The predicted octanol–water partition coefficient (Wildman–Crippen LogP) is 0.829. The van der Waals surface area contributed by atoms with E-state index in [1.54, 1.807) is 26.2 Å². The van der Waals surface area contributed by atoms with Crippen molar-refractivity contribution >= 4 is 11.8 Å². The number of carboxylic acid groups (broad SMARTS) is 1. The van der Waals surface area contributed by atoms with Crippen LogP contribution in [0.1, 0.15) is 21.7 Å². The molecular formula is C11H13N5O2. The van der Waals surface area contributed by atoms with Gasteiger partial charge in [0.25, 0.3) is 0 Å². The van der Waals surface area contributed by atoms with Crippen molar-refractivity contribution in [3.8, 4) is 0 Å². The Labute approximate surface area is 103 Å². The smallest absolute Gasteiger partial charge is 0.341 e. The average molecular weight is 247 g/mol. The van der Waals surface area contributed by atoms with Crippen molar-refractivity contribution in [3.05, 3.63) is 35.3 Å². The van der Waals surface area contributed by atoms with E-state index in [1.165, 1.54) is 4.68 Å². The summed E-state index contributed by atoms with van der Waals surface area (Å²) in [4.78, 5) is 11.1. The molecule has 7 nitrogen and oxygen atoms in total. The van der Waals surface area contributed by atoms with Crippen LogP contribution in [0, 0.1) is 6.92 Å². The molecule has 0 unspecified atom stereocenters. The van der Waals surface area contributed by atoms with Gasteiger partial charge in [0.15, 0.2) is 0 Å². The number of aromatic carboxylic acids is 1. The molecule has 2 aromatic heterocycles. The van der Waals surface area contributed by atoms with Crippen molar-refractivity contribution in [2.24, 2.45) is 7.05 Å². The number of aryl methyl sites for hydroxylation is 2. The number of hydrogen-bond donors (Lipinski definition) is 2. The van der Waals surface area contributed by atoms with Gasteiger partial charge >= 0.3 is 5.97 Å². The maximum atomic E-state index is 11.1. The molecule has 94 valence electrons. The highest BCUT2D eigenvalue weighted by atomic mass is 16.4.